The summed E-state index contributed by atoms with van der Waals surface area (Å²) in [7, 11) is 0. The Hall–Kier alpha value is -2.36. The number of nitrogen functional groups attached to an aromatic ring is 1. The Bertz CT molecular complexity index is 515. The highest BCUT2D eigenvalue weighted by Crippen LogP contribution is 2.09. The SMILES string of the molecule is Nc1ccc(C=CC(=O)N2CCC=CC2=O)cc1. The van der Waals surface area contributed by atoms with Gasteiger partial charge >= 0.3 is 0 Å². The van der Waals surface area contributed by atoms with E-state index >= 15 is 0 Å². The number of carbonyl (C=O) groups excluding carboxylic acids is 2. The highest BCUT2D eigenvalue weighted by molar-refractivity contribution is 6.06. The molecule has 0 spiro atoms. The molecule has 0 unspecified atom stereocenters. The van der Waals surface area contributed by atoms with Crippen molar-refractivity contribution in [3.63, 3.8) is 0 Å². The van der Waals surface area contributed by atoms with E-state index in [-0.39, 0.29) is 11.8 Å². The minimum Gasteiger partial charge on any atom is -0.399 e. The fourth-order valence-electron chi connectivity index (χ4n) is 1.67. The van der Waals surface area contributed by atoms with Crippen molar-refractivity contribution >= 4 is 23.6 Å². The van der Waals surface area contributed by atoms with E-state index in [4.69, 9.17) is 5.73 Å². The molecular weight excluding hydrogens is 228 g/mol. The summed E-state index contributed by atoms with van der Waals surface area (Å²) in [5.74, 6) is -0.547. The first-order valence-electron chi connectivity index (χ1n) is 5.72. The second-order valence-electron chi connectivity index (χ2n) is 4.02. The van der Waals surface area contributed by atoms with Crippen molar-refractivity contribution in [2.45, 2.75) is 6.42 Å². The molecule has 0 aliphatic carbocycles. The molecule has 0 bridgehead atoms. The zero-order valence-corrected chi connectivity index (χ0v) is 9.87. The van der Waals surface area contributed by atoms with E-state index in [1.54, 1.807) is 24.3 Å². The Morgan fingerprint density at radius 1 is 1.28 bits per heavy atom. The molecule has 0 aromatic heterocycles. The minimum absolute atomic E-state index is 0.256. The quantitative estimate of drug-likeness (QED) is 0.633. The van der Waals surface area contributed by atoms with Gasteiger partial charge in [-0.2, -0.15) is 0 Å². The minimum atomic E-state index is -0.291. The number of anilines is 1. The summed E-state index contributed by atoms with van der Waals surface area (Å²) >= 11 is 0. The second kappa shape index (κ2) is 5.31. The Morgan fingerprint density at radius 2 is 2.00 bits per heavy atom. The van der Waals surface area contributed by atoms with E-state index in [9.17, 15) is 9.59 Å². The summed E-state index contributed by atoms with van der Waals surface area (Å²) in [6.45, 7) is 0.445. The molecule has 4 heteroatoms. The molecule has 0 fully saturated rings. The zero-order chi connectivity index (χ0) is 13.0. The largest absolute Gasteiger partial charge is 0.399 e. The molecule has 92 valence electrons. The standard InChI is InChI=1S/C14H14N2O2/c15-12-7-4-11(5-8-12)6-9-14(18)16-10-2-1-3-13(16)17/h1,3-9H,2,10,15H2. The van der Waals surface area contributed by atoms with Gasteiger partial charge in [-0.25, -0.2) is 0 Å². The number of nitrogens with two attached hydrogens (primary N) is 1. The van der Waals surface area contributed by atoms with Crippen LogP contribution in [0.4, 0.5) is 5.69 Å². The maximum Gasteiger partial charge on any atom is 0.253 e. The van der Waals surface area contributed by atoms with Crippen molar-refractivity contribution in [3.8, 4) is 0 Å². The molecule has 1 aromatic carbocycles. The normalized spacial score (nSPS) is 15.3. The van der Waals surface area contributed by atoms with Gasteiger partial charge in [0.1, 0.15) is 0 Å². The molecule has 1 aliphatic rings. The van der Waals surface area contributed by atoms with Crippen LogP contribution in [0, 0.1) is 0 Å². The molecule has 0 atom stereocenters. The molecule has 18 heavy (non-hydrogen) atoms. The highest BCUT2D eigenvalue weighted by atomic mass is 16.2. The average Bonchev–Trinajstić information content (AvgIpc) is 2.38. The van der Waals surface area contributed by atoms with Gasteiger partial charge < -0.3 is 5.73 Å². The third-order valence-electron chi connectivity index (χ3n) is 2.67. The van der Waals surface area contributed by atoms with Crippen molar-refractivity contribution in [2.75, 3.05) is 12.3 Å². The Morgan fingerprint density at radius 3 is 2.67 bits per heavy atom. The molecule has 2 amide bonds. The fourth-order valence-corrected chi connectivity index (χ4v) is 1.67. The molecule has 0 saturated heterocycles. The maximum atomic E-state index is 11.8. The lowest BCUT2D eigenvalue weighted by Gasteiger charge is -2.19. The van der Waals surface area contributed by atoms with Crippen LogP contribution in [0.2, 0.25) is 0 Å². The van der Waals surface area contributed by atoms with E-state index in [1.807, 2.05) is 12.1 Å². The first kappa shape index (κ1) is 12.1. The molecular formula is C14H14N2O2. The van der Waals surface area contributed by atoms with Gasteiger partial charge in [0.2, 0.25) is 0 Å². The van der Waals surface area contributed by atoms with Crippen LogP contribution in [0.15, 0.2) is 42.5 Å². The van der Waals surface area contributed by atoms with E-state index in [0.29, 0.717) is 18.7 Å². The van der Waals surface area contributed by atoms with Crippen molar-refractivity contribution < 1.29 is 9.59 Å². The molecule has 2 rings (SSSR count). The van der Waals surface area contributed by atoms with Crippen LogP contribution >= 0.6 is 0 Å². The van der Waals surface area contributed by atoms with Gasteiger partial charge in [-0.1, -0.05) is 18.2 Å². The number of nitrogens with zero attached hydrogens (tertiary/aromatic N) is 1. The van der Waals surface area contributed by atoms with Gasteiger partial charge in [-0.05, 0) is 36.3 Å². The number of imide groups is 1. The van der Waals surface area contributed by atoms with Gasteiger partial charge in [0.05, 0.1) is 0 Å². The lowest BCUT2D eigenvalue weighted by Crippen LogP contribution is -2.37. The lowest BCUT2D eigenvalue weighted by atomic mass is 10.2. The first-order chi connectivity index (χ1) is 8.66. The van der Waals surface area contributed by atoms with Gasteiger partial charge in [-0.3, -0.25) is 14.5 Å². The van der Waals surface area contributed by atoms with E-state index < -0.39 is 0 Å². The van der Waals surface area contributed by atoms with Crippen molar-refractivity contribution in [2.24, 2.45) is 0 Å². The second-order valence-corrected chi connectivity index (χ2v) is 4.02. The third kappa shape index (κ3) is 2.85. The van der Waals surface area contributed by atoms with Crippen molar-refractivity contribution in [3.05, 3.63) is 48.1 Å². The van der Waals surface area contributed by atoms with Crippen LogP contribution in [0.25, 0.3) is 6.08 Å². The van der Waals surface area contributed by atoms with Gasteiger partial charge in [-0.15, -0.1) is 0 Å². The number of rotatable bonds is 2. The number of hydrogen-bond acceptors (Lipinski definition) is 3. The molecule has 2 N–H and O–H groups in total. The average molecular weight is 242 g/mol. The van der Waals surface area contributed by atoms with Crippen LogP contribution in [0.1, 0.15) is 12.0 Å². The summed E-state index contributed by atoms with van der Waals surface area (Å²) in [6, 6.07) is 7.16. The molecule has 4 nitrogen and oxygen atoms in total. The number of benzene rings is 1. The van der Waals surface area contributed by atoms with E-state index in [2.05, 4.69) is 0 Å². The summed E-state index contributed by atoms with van der Waals surface area (Å²) in [5, 5.41) is 0. The van der Waals surface area contributed by atoms with Crippen molar-refractivity contribution in [1.82, 2.24) is 4.90 Å². The predicted octanol–water partition coefficient (Wildman–Crippen LogP) is 1.60. The van der Waals surface area contributed by atoms with Gasteiger partial charge in [0.25, 0.3) is 11.8 Å². The molecule has 1 aromatic rings. The first-order valence-corrected chi connectivity index (χ1v) is 5.72. The monoisotopic (exact) mass is 242 g/mol. The van der Waals surface area contributed by atoms with Crippen LogP contribution < -0.4 is 5.73 Å². The maximum absolute atomic E-state index is 11.8. The predicted molar refractivity (Wildman–Crippen MR) is 70.4 cm³/mol. The Labute approximate surface area is 105 Å². The fraction of sp³-hybridized carbons (Fsp3) is 0.143. The van der Waals surface area contributed by atoms with Crippen LogP contribution in [-0.2, 0) is 9.59 Å². The van der Waals surface area contributed by atoms with Crippen LogP contribution in [0.5, 0.6) is 0 Å². The van der Waals surface area contributed by atoms with Gasteiger partial charge in [0.15, 0.2) is 0 Å². The number of carbonyl (C=O) groups is 2. The molecule has 1 aliphatic heterocycles. The van der Waals surface area contributed by atoms with Crippen LogP contribution in [-0.4, -0.2) is 23.3 Å². The number of hydrogen-bond donors (Lipinski definition) is 1. The smallest absolute Gasteiger partial charge is 0.253 e. The van der Waals surface area contributed by atoms with E-state index in [0.717, 1.165) is 5.56 Å². The Kier molecular flexibility index (Phi) is 3.57. The molecule has 0 radical (unpaired) electrons. The van der Waals surface area contributed by atoms with Crippen LogP contribution in [0.3, 0.4) is 0 Å². The Balaban J connectivity index is 2.05. The topological polar surface area (TPSA) is 63.4 Å². The summed E-state index contributed by atoms with van der Waals surface area (Å²) in [6.07, 6.45) is 7.00. The number of amides is 2. The van der Waals surface area contributed by atoms with E-state index in [1.165, 1.54) is 17.1 Å². The highest BCUT2D eigenvalue weighted by Gasteiger charge is 2.18. The van der Waals surface area contributed by atoms with Gasteiger partial charge in [0, 0.05) is 18.3 Å². The molecule has 1 heterocycles. The van der Waals surface area contributed by atoms with Crippen molar-refractivity contribution in [1.29, 1.82) is 0 Å². The lowest BCUT2D eigenvalue weighted by molar-refractivity contribution is -0.139. The summed E-state index contributed by atoms with van der Waals surface area (Å²) < 4.78 is 0. The summed E-state index contributed by atoms with van der Waals surface area (Å²) in [4.78, 5) is 24.5. The summed E-state index contributed by atoms with van der Waals surface area (Å²) in [5.41, 5.74) is 7.11. The third-order valence-corrected chi connectivity index (χ3v) is 2.67. The zero-order valence-electron chi connectivity index (χ0n) is 9.87. The molecule has 0 saturated carbocycles.